The van der Waals surface area contributed by atoms with E-state index in [1.54, 1.807) is 42.2 Å². The minimum Gasteiger partial charge on any atom is -0.311 e. The second-order valence-electron chi connectivity index (χ2n) is 5.00. The summed E-state index contributed by atoms with van der Waals surface area (Å²) < 4.78 is 42.8. The first-order valence-corrected chi connectivity index (χ1v) is 9.63. The maximum Gasteiger partial charge on any atom is 0.263 e. The highest BCUT2D eigenvalue weighted by molar-refractivity contribution is 7.99. The molecule has 0 aliphatic carbocycles. The molecule has 0 unspecified atom stereocenters. The van der Waals surface area contributed by atoms with E-state index in [0.717, 1.165) is 12.1 Å². The van der Waals surface area contributed by atoms with E-state index in [1.807, 2.05) is 0 Å². The van der Waals surface area contributed by atoms with Crippen LogP contribution in [0.3, 0.4) is 0 Å². The van der Waals surface area contributed by atoms with Gasteiger partial charge < -0.3 is 4.57 Å². The number of aryl methyl sites for hydroxylation is 1. The third kappa shape index (κ3) is 3.94. The Morgan fingerprint density at radius 2 is 2.00 bits per heavy atom. The van der Waals surface area contributed by atoms with Crippen molar-refractivity contribution in [2.75, 3.05) is 4.72 Å². The van der Waals surface area contributed by atoms with E-state index in [-0.39, 0.29) is 9.92 Å². The second kappa shape index (κ2) is 7.03. The Bertz CT molecular complexity index is 1020. The van der Waals surface area contributed by atoms with Crippen molar-refractivity contribution in [2.45, 2.75) is 14.9 Å². The van der Waals surface area contributed by atoms with Crippen LogP contribution in [-0.4, -0.2) is 23.2 Å². The van der Waals surface area contributed by atoms with Crippen molar-refractivity contribution < 1.29 is 12.8 Å². The fraction of sp³-hybridized carbons (Fsp3) is 0.0667. The first-order valence-electron chi connectivity index (χ1n) is 6.95. The molecule has 0 atom stereocenters. The van der Waals surface area contributed by atoms with Gasteiger partial charge in [0.25, 0.3) is 10.0 Å². The average molecular weight is 399 g/mol. The zero-order valence-corrected chi connectivity index (χ0v) is 15.2. The van der Waals surface area contributed by atoms with Gasteiger partial charge in [0, 0.05) is 11.9 Å². The van der Waals surface area contributed by atoms with Gasteiger partial charge in [-0.1, -0.05) is 23.7 Å². The molecule has 6 nitrogen and oxygen atoms in total. The van der Waals surface area contributed by atoms with Crippen LogP contribution in [0.1, 0.15) is 0 Å². The van der Waals surface area contributed by atoms with Crippen LogP contribution in [-0.2, 0) is 17.1 Å². The summed E-state index contributed by atoms with van der Waals surface area (Å²) in [6.07, 6.45) is 1.54. The van der Waals surface area contributed by atoms with Crippen molar-refractivity contribution in [1.82, 2.24) is 14.8 Å². The number of halogens is 2. The van der Waals surface area contributed by atoms with Crippen molar-refractivity contribution in [2.24, 2.45) is 7.05 Å². The number of hydrogen-bond donors (Lipinski definition) is 1. The smallest absolute Gasteiger partial charge is 0.263 e. The number of nitrogens with one attached hydrogen (secondary N) is 1. The molecular formula is C15H12ClFN4O2S2. The first kappa shape index (κ1) is 17.7. The molecule has 1 heterocycles. The van der Waals surface area contributed by atoms with E-state index in [4.69, 9.17) is 11.6 Å². The van der Waals surface area contributed by atoms with Crippen LogP contribution >= 0.6 is 23.4 Å². The number of anilines is 1. The molecule has 25 heavy (non-hydrogen) atoms. The molecule has 0 radical (unpaired) electrons. The van der Waals surface area contributed by atoms with Crippen LogP contribution in [0.15, 0.2) is 63.7 Å². The molecule has 0 aliphatic heterocycles. The zero-order valence-electron chi connectivity index (χ0n) is 12.8. The van der Waals surface area contributed by atoms with Crippen LogP contribution in [0.25, 0.3) is 0 Å². The summed E-state index contributed by atoms with van der Waals surface area (Å²) in [5.41, 5.74) is 0.329. The third-order valence-electron chi connectivity index (χ3n) is 3.19. The standard InChI is InChI=1S/C15H12ClFN4O2S2/c1-21-9-18-19-15(21)24-13-5-3-2-4-12(13)20-25(22,23)14-8-10(17)6-7-11(14)16/h2-9,20H,1H3. The fourth-order valence-corrected chi connectivity index (χ4v) is 4.49. The lowest BCUT2D eigenvalue weighted by Crippen LogP contribution is -2.14. The van der Waals surface area contributed by atoms with Gasteiger partial charge in [-0.05, 0) is 42.1 Å². The largest absolute Gasteiger partial charge is 0.311 e. The van der Waals surface area contributed by atoms with Gasteiger partial charge in [0.15, 0.2) is 5.16 Å². The van der Waals surface area contributed by atoms with Crippen LogP contribution in [0, 0.1) is 5.82 Å². The van der Waals surface area contributed by atoms with Crippen molar-refractivity contribution >= 4 is 39.1 Å². The van der Waals surface area contributed by atoms with Gasteiger partial charge >= 0.3 is 0 Å². The van der Waals surface area contributed by atoms with Crippen LogP contribution < -0.4 is 4.72 Å². The van der Waals surface area contributed by atoms with Gasteiger partial charge in [0.1, 0.15) is 17.0 Å². The van der Waals surface area contributed by atoms with Gasteiger partial charge in [0.05, 0.1) is 10.7 Å². The Balaban J connectivity index is 1.95. The third-order valence-corrected chi connectivity index (χ3v) is 6.16. The average Bonchev–Trinajstić information content (AvgIpc) is 2.96. The molecule has 1 N–H and O–H groups in total. The topological polar surface area (TPSA) is 76.9 Å². The lowest BCUT2D eigenvalue weighted by molar-refractivity contribution is 0.595. The number of benzene rings is 2. The first-order chi connectivity index (χ1) is 11.9. The lowest BCUT2D eigenvalue weighted by Gasteiger charge is -2.13. The summed E-state index contributed by atoms with van der Waals surface area (Å²) in [6, 6.07) is 9.97. The molecule has 0 spiro atoms. The molecular weight excluding hydrogens is 387 g/mol. The highest BCUT2D eigenvalue weighted by Crippen LogP contribution is 2.34. The summed E-state index contributed by atoms with van der Waals surface area (Å²) in [5.74, 6) is -0.688. The maximum absolute atomic E-state index is 13.4. The molecule has 0 aliphatic rings. The molecule has 130 valence electrons. The van der Waals surface area contributed by atoms with Crippen molar-refractivity contribution in [3.05, 3.63) is 59.6 Å². The molecule has 3 aromatic rings. The predicted molar refractivity (Wildman–Crippen MR) is 93.8 cm³/mol. The van der Waals surface area contributed by atoms with E-state index < -0.39 is 15.8 Å². The Hall–Kier alpha value is -2.10. The SMILES string of the molecule is Cn1cnnc1Sc1ccccc1NS(=O)(=O)c1cc(F)ccc1Cl. The van der Waals surface area contributed by atoms with E-state index in [0.29, 0.717) is 15.7 Å². The predicted octanol–water partition coefficient (Wildman–Crippen LogP) is 3.56. The number of nitrogens with zero attached hydrogens (tertiary/aromatic N) is 3. The monoisotopic (exact) mass is 398 g/mol. The van der Waals surface area contributed by atoms with Crippen LogP contribution in [0.5, 0.6) is 0 Å². The summed E-state index contributed by atoms with van der Waals surface area (Å²) in [7, 11) is -2.28. The van der Waals surface area contributed by atoms with Crippen molar-refractivity contribution in [3.8, 4) is 0 Å². The number of para-hydroxylation sites is 1. The number of rotatable bonds is 5. The maximum atomic E-state index is 13.4. The molecule has 0 amide bonds. The summed E-state index contributed by atoms with van der Waals surface area (Å²) >= 11 is 7.16. The highest BCUT2D eigenvalue weighted by Gasteiger charge is 2.20. The van der Waals surface area contributed by atoms with E-state index in [1.165, 1.54) is 17.8 Å². The van der Waals surface area contributed by atoms with Crippen molar-refractivity contribution in [3.63, 3.8) is 0 Å². The van der Waals surface area contributed by atoms with Gasteiger partial charge in [-0.3, -0.25) is 4.72 Å². The molecule has 0 saturated heterocycles. The van der Waals surface area contributed by atoms with Gasteiger partial charge in [-0.15, -0.1) is 10.2 Å². The minimum atomic E-state index is -4.06. The zero-order chi connectivity index (χ0) is 18.0. The number of hydrogen-bond acceptors (Lipinski definition) is 5. The second-order valence-corrected chi connectivity index (χ2v) is 8.07. The molecule has 10 heteroatoms. The molecule has 2 aromatic carbocycles. The number of aromatic nitrogens is 3. The molecule has 0 saturated carbocycles. The van der Waals surface area contributed by atoms with E-state index >= 15 is 0 Å². The normalized spacial score (nSPS) is 11.5. The summed E-state index contributed by atoms with van der Waals surface area (Å²) in [6.45, 7) is 0. The molecule has 1 aromatic heterocycles. The minimum absolute atomic E-state index is 0.0627. The van der Waals surface area contributed by atoms with Crippen LogP contribution in [0.4, 0.5) is 10.1 Å². The van der Waals surface area contributed by atoms with E-state index in [2.05, 4.69) is 14.9 Å². The Morgan fingerprint density at radius 3 is 2.72 bits per heavy atom. The quantitative estimate of drug-likeness (QED) is 0.711. The Kier molecular flexibility index (Phi) is 4.98. The van der Waals surface area contributed by atoms with Crippen LogP contribution in [0.2, 0.25) is 5.02 Å². The van der Waals surface area contributed by atoms with E-state index in [9.17, 15) is 12.8 Å². The fourth-order valence-electron chi connectivity index (χ4n) is 1.99. The Morgan fingerprint density at radius 1 is 1.24 bits per heavy atom. The summed E-state index contributed by atoms with van der Waals surface area (Å²) in [5, 5.41) is 8.28. The van der Waals surface area contributed by atoms with Gasteiger partial charge in [0.2, 0.25) is 0 Å². The summed E-state index contributed by atoms with van der Waals surface area (Å²) in [4.78, 5) is 0.294. The molecule has 0 fully saturated rings. The molecule has 0 bridgehead atoms. The van der Waals surface area contributed by atoms with Gasteiger partial charge in [-0.2, -0.15) is 0 Å². The van der Waals surface area contributed by atoms with Crippen molar-refractivity contribution in [1.29, 1.82) is 0 Å². The van der Waals surface area contributed by atoms with Gasteiger partial charge in [-0.25, -0.2) is 12.8 Å². The molecule has 3 rings (SSSR count). The lowest BCUT2D eigenvalue weighted by atomic mass is 10.3. The number of sulfonamides is 1. The highest BCUT2D eigenvalue weighted by atomic mass is 35.5. The Labute approximate surface area is 153 Å².